The summed E-state index contributed by atoms with van der Waals surface area (Å²) in [6, 6.07) is 7.48. The van der Waals surface area contributed by atoms with Crippen LogP contribution in [0.4, 0.5) is 17.1 Å². The van der Waals surface area contributed by atoms with Crippen molar-refractivity contribution in [3.05, 3.63) is 50.5 Å². The van der Waals surface area contributed by atoms with Gasteiger partial charge in [0.25, 0.3) is 5.69 Å². The highest BCUT2D eigenvalue weighted by atomic mass is 35.5. The van der Waals surface area contributed by atoms with Crippen LogP contribution in [0.1, 0.15) is 0 Å². The number of thiocarbonyl (C=S) groups is 1. The lowest BCUT2D eigenvalue weighted by molar-refractivity contribution is -0.384. The molecule has 2 N–H and O–H groups in total. The molecular formula is C15H13Cl2N3O4S. The minimum absolute atomic E-state index is 0.0398. The summed E-state index contributed by atoms with van der Waals surface area (Å²) in [4.78, 5) is 10.4. The van der Waals surface area contributed by atoms with E-state index in [9.17, 15) is 10.1 Å². The van der Waals surface area contributed by atoms with E-state index in [2.05, 4.69) is 10.6 Å². The molecule has 10 heteroatoms. The summed E-state index contributed by atoms with van der Waals surface area (Å²) in [5.74, 6) is 0.920. The first-order valence-corrected chi connectivity index (χ1v) is 7.95. The summed E-state index contributed by atoms with van der Waals surface area (Å²) in [5, 5.41) is 17.3. The summed E-state index contributed by atoms with van der Waals surface area (Å²) in [6.07, 6.45) is 0. The first-order chi connectivity index (χ1) is 11.8. The molecule has 0 aliphatic heterocycles. The molecular weight excluding hydrogens is 389 g/mol. The van der Waals surface area contributed by atoms with Gasteiger partial charge in [-0.3, -0.25) is 10.1 Å². The molecule has 0 heterocycles. The van der Waals surface area contributed by atoms with Gasteiger partial charge >= 0.3 is 0 Å². The van der Waals surface area contributed by atoms with Gasteiger partial charge in [0.2, 0.25) is 0 Å². The zero-order valence-corrected chi connectivity index (χ0v) is 15.5. The van der Waals surface area contributed by atoms with Crippen molar-refractivity contribution in [3.8, 4) is 11.5 Å². The number of rotatable bonds is 5. The second-order valence-electron chi connectivity index (χ2n) is 4.69. The fraction of sp³-hybridized carbons (Fsp3) is 0.133. The van der Waals surface area contributed by atoms with Crippen molar-refractivity contribution in [2.24, 2.45) is 0 Å². The number of ether oxygens (including phenoxy) is 2. The Kier molecular flexibility index (Phi) is 6.24. The number of nitrogens with zero attached hydrogens (tertiary/aromatic N) is 1. The van der Waals surface area contributed by atoms with Crippen molar-refractivity contribution in [2.75, 3.05) is 24.9 Å². The van der Waals surface area contributed by atoms with Crippen molar-refractivity contribution in [2.45, 2.75) is 0 Å². The third-order valence-corrected chi connectivity index (χ3v) is 3.94. The first-order valence-electron chi connectivity index (χ1n) is 6.79. The Hall–Kier alpha value is -2.29. The van der Waals surface area contributed by atoms with E-state index in [4.69, 9.17) is 44.9 Å². The van der Waals surface area contributed by atoms with Gasteiger partial charge in [-0.25, -0.2) is 0 Å². The third kappa shape index (κ3) is 4.62. The van der Waals surface area contributed by atoms with Crippen LogP contribution in [-0.4, -0.2) is 24.3 Å². The van der Waals surface area contributed by atoms with E-state index in [0.29, 0.717) is 27.9 Å². The number of methoxy groups -OCH3 is 2. The van der Waals surface area contributed by atoms with Crippen LogP contribution >= 0.6 is 35.4 Å². The highest BCUT2D eigenvalue weighted by molar-refractivity contribution is 7.80. The number of hydrogen-bond donors (Lipinski definition) is 2. The van der Waals surface area contributed by atoms with Crippen LogP contribution in [0.25, 0.3) is 0 Å². The molecule has 25 heavy (non-hydrogen) atoms. The van der Waals surface area contributed by atoms with Crippen LogP contribution in [0.5, 0.6) is 11.5 Å². The fourth-order valence-electron chi connectivity index (χ4n) is 1.97. The number of nitro benzene ring substituents is 1. The molecule has 0 spiro atoms. The largest absolute Gasteiger partial charge is 0.495 e. The van der Waals surface area contributed by atoms with Gasteiger partial charge in [-0.1, -0.05) is 23.2 Å². The molecule has 0 aromatic heterocycles. The lowest BCUT2D eigenvalue weighted by Crippen LogP contribution is -2.19. The second-order valence-corrected chi connectivity index (χ2v) is 5.91. The molecule has 7 nitrogen and oxygen atoms in total. The van der Waals surface area contributed by atoms with E-state index in [-0.39, 0.29) is 15.8 Å². The number of anilines is 2. The van der Waals surface area contributed by atoms with Crippen molar-refractivity contribution in [1.29, 1.82) is 0 Å². The predicted octanol–water partition coefficient (Wildman–Crippen LogP) is 4.73. The second kappa shape index (κ2) is 8.19. The minimum atomic E-state index is -0.573. The molecule has 0 fully saturated rings. The van der Waals surface area contributed by atoms with E-state index in [1.807, 2.05) is 0 Å². The number of nitro groups is 1. The molecule has 0 saturated heterocycles. The van der Waals surface area contributed by atoms with Gasteiger partial charge < -0.3 is 20.1 Å². The SMILES string of the molecule is COc1cc(OC)c(NC(=S)Nc2ccc(Cl)c([N+](=O)[O-])c2)cc1Cl. The van der Waals surface area contributed by atoms with Crippen LogP contribution in [0.15, 0.2) is 30.3 Å². The molecule has 2 rings (SSSR count). The highest BCUT2D eigenvalue weighted by Crippen LogP contribution is 2.36. The molecule has 2 aromatic carbocycles. The van der Waals surface area contributed by atoms with E-state index >= 15 is 0 Å². The fourth-order valence-corrected chi connectivity index (χ4v) is 2.63. The van der Waals surface area contributed by atoms with Gasteiger partial charge in [-0.15, -0.1) is 0 Å². The van der Waals surface area contributed by atoms with Crippen LogP contribution in [0, 0.1) is 10.1 Å². The maximum absolute atomic E-state index is 10.9. The molecule has 0 unspecified atom stereocenters. The van der Waals surface area contributed by atoms with E-state index in [1.165, 1.54) is 26.4 Å². The normalized spacial score (nSPS) is 10.1. The molecule has 132 valence electrons. The summed E-state index contributed by atoms with van der Waals surface area (Å²) in [5.41, 5.74) is 0.695. The van der Waals surface area contributed by atoms with Gasteiger partial charge in [-0.05, 0) is 30.4 Å². The molecule has 0 bridgehead atoms. The van der Waals surface area contributed by atoms with Crippen LogP contribution < -0.4 is 20.1 Å². The molecule has 0 saturated carbocycles. The number of halogens is 2. The number of benzene rings is 2. The van der Waals surface area contributed by atoms with E-state index < -0.39 is 4.92 Å². The van der Waals surface area contributed by atoms with Crippen LogP contribution in [0.2, 0.25) is 10.0 Å². The lowest BCUT2D eigenvalue weighted by Gasteiger charge is -2.15. The van der Waals surface area contributed by atoms with Crippen molar-refractivity contribution in [3.63, 3.8) is 0 Å². The quantitative estimate of drug-likeness (QED) is 0.425. The minimum Gasteiger partial charge on any atom is -0.495 e. The molecule has 0 aliphatic carbocycles. The van der Waals surface area contributed by atoms with E-state index in [0.717, 1.165) is 0 Å². The molecule has 0 atom stereocenters. The standard InChI is InChI=1S/C15H13Cl2N3O4S/c1-23-13-7-14(24-2)11(6-10(13)17)19-15(25)18-8-3-4-9(16)12(5-8)20(21)22/h3-7H,1-2H3,(H2,18,19,25). The first kappa shape index (κ1) is 19.0. The molecule has 0 radical (unpaired) electrons. The molecule has 0 amide bonds. The van der Waals surface area contributed by atoms with Crippen LogP contribution in [-0.2, 0) is 0 Å². The van der Waals surface area contributed by atoms with Gasteiger partial charge in [-0.2, -0.15) is 0 Å². The molecule has 0 aliphatic rings. The molecule has 2 aromatic rings. The smallest absolute Gasteiger partial charge is 0.289 e. The Bertz CT molecular complexity index is 833. The summed E-state index contributed by atoms with van der Waals surface area (Å²) in [7, 11) is 2.99. The monoisotopic (exact) mass is 401 g/mol. The van der Waals surface area contributed by atoms with Gasteiger partial charge in [0, 0.05) is 17.8 Å². The van der Waals surface area contributed by atoms with Crippen LogP contribution in [0.3, 0.4) is 0 Å². The maximum Gasteiger partial charge on any atom is 0.289 e. The highest BCUT2D eigenvalue weighted by Gasteiger charge is 2.14. The average Bonchev–Trinajstić information content (AvgIpc) is 2.56. The van der Waals surface area contributed by atoms with Crippen molar-refractivity contribution in [1.82, 2.24) is 0 Å². The van der Waals surface area contributed by atoms with Crippen molar-refractivity contribution < 1.29 is 14.4 Å². The van der Waals surface area contributed by atoms with Crippen molar-refractivity contribution >= 4 is 57.6 Å². The summed E-state index contributed by atoms with van der Waals surface area (Å²) < 4.78 is 10.4. The summed E-state index contributed by atoms with van der Waals surface area (Å²) >= 11 is 17.1. The number of hydrogen-bond acceptors (Lipinski definition) is 5. The lowest BCUT2D eigenvalue weighted by atomic mass is 10.2. The Morgan fingerprint density at radius 2 is 1.76 bits per heavy atom. The predicted molar refractivity (Wildman–Crippen MR) is 103 cm³/mol. The summed E-state index contributed by atoms with van der Waals surface area (Å²) in [6.45, 7) is 0. The van der Waals surface area contributed by atoms with E-state index in [1.54, 1.807) is 18.2 Å². The maximum atomic E-state index is 10.9. The van der Waals surface area contributed by atoms with Gasteiger partial charge in [0.05, 0.1) is 29.9 Å². The number of nitrogens with one attached hydrogen (secondary N) is 2. The van der Waals surface area contributed by atoms with Gasteiger partial charge in [0.15, 0.2) is 5.11 Å². The topological polar surface area (TPSA) is 85.7 Å². The van der Waals surface area contributed by atoms with Gasteiger partial charge in [0.1, 0.15) is 16.5 Å². The zero-order chi connectivity index (χ0) is 18.6. The Morgan fingerprint density at radius 1 is 1.08 bits per heavy atom. The third-order valence-electron chi connectivity index (χ3n) is 3.12. The Balaban J connectivity index is 2.19. The average molecular weight is 402 g/mol. The Morgan fingerprint density at radius 3 is 2.36 bits per heavy atom. The Labute approximate surface area is 159 Å². The zero-order valence-electron chi connectivity index (χ0n) is 13.1.